The molecule has 0 aromatic carbocycles. The van der Waals surface area contributed by atoms with Crippen molar-refractivity contribution in [2.45, 2.75) is 44.1 Å². The zero-order valence-corrected chi connectivity index (χ0v) is 13.1. The Morgan fingerprint density at radius 2 is 2.21 bits per heavy atom. The van der Waals surface area contributed by atoms with Crippen molar-refractivity contribution in [2.75, 3.05) is 6.54 Å². The number of alkyl halides is 2. The van der Waals surface area contributed by atoms with Gasteiger partial charge in [-0.25, -0.2) is 8.78 Å². The highest BCUT2D eigenvalue weighted by atomic mass is 19.3. The first-order valence-electron chi connectivity index (χ1n) is 7.88. The van der Waals surface area contributed by atoms with Gasteiger partial charge in [0.05, 0.1) is 6.54 Å². The Labute approximate surface area is 136 Å². The predicted octanol–water partition coefficient (Wildman–Crippen LogP) is 2.87. The topological polar surface area (TPSA) is 72.1 Å². The quantitative estimate of drug-likeness (QED) is 0.863. The number of likely N-dealkylation sites (tertiary alicyclic amines) is 1. The predicted molar refractivity (Wildman–Crippen MR) is 78.6 cm³/mol. The van der Waals surface area contributed by atoms with Crippen LogP contribution in [0.2, 0.25) is 0 Å². The molecule has 0 radical (unpaired) electrons. The first-order chi connectivity index (χ1) is 11.4. The van der Waals surface area contributed by atoms with Crippen molar-refractivity contribution in [3.63, 3.8) is 0 Å². The van der Waals surface area contributed by atoms with Crippen molar-refractivity contribution in [3.8, 4) is 0 Å². The third kappa shape index (κ3) is 2.76. The Kier molecular flexibility index (Phi) is 3.36. The molecule has 0 N–H and O–H groups in total. The minimum Gasteiger partial charge on any atom is -0.337 e. The maximum absolute atomic E-state index is 14.0. The second-order valence-corrected chi connectivity index (χ2v) is 6.46. The molecule has 2 aromatic rings. The van der Waals surface area contributed by atoms with E-state index in [2.05, 4.69) is 15.1 Å². The first kappa shape index (κ1) is 15.2. The fourth-order valence-corrected chi connectivity index (χ4v) is 2.99. The van der Waals surface area contributed by atoms with Crippen LogP contribution < -0.4 is 0 Å². The molecule has 4 rings (SSSR count). The number of aromatic nitrogens is 3. The average molecular weight is 334 g/mol. The zero-order chi connectivity index (χ0) is 16.9. The highest BCUT2D eigenvalue weighted by Gasteiger charge is 2.50. The third-order valence-corrected chi connectivity index (χ3v) is 4.36. The Hall–Kier alpha value is -2.38. The van der Waals surface area contributed by atoms with E-state index in [0.29, 0.717) is 17.1 Å². The smallest absolute Gasteiger partial charge is 0.267 e. The summed E-state index contributed by atoms with van der Waals surface area (Å²) in [6.07, 6.45) is 2.95. The second kappa shape index (κ2) is 5.32. The molecule has 3 heterocycles. The van der Waals surface area contributed by atoms with Crippen LogP contribution in [-0.4, -0.2) is 38.4 Å². The molecule has 2 aromatic heterocycles. The van der Waals surface area contributed by atoms with E-state index in [9.17, 15) is 13.6 Å². The fourth-order valence-electron chi connectivity index (χ4n) is 2.99. The standard InChI is InChI=1S/C16H16F2N4O2/c1-9-6-11(4-5-19-9)15(23)22-8-16(17,18)7-12(22)14-20-13(21-24-14)10-2-3-10/h4-6,10,12H,2-3,7-8H2,1H3/t12-/m0/s1. The molecular formula is C16H16F2N4O2. The lowest BCUT2D eigenvalue weighted by atomic mass is 10.1. The summed E-state index contributed by atoms with van der Waals surface area (Å²) in [5.41, 5.74) is 0.976. The summed E-state index contributed by atoms with van der Waals surface area (Å²) in [5.74, 6) is -2.55. The van der Waals surface area contributed by atoms with Gasteiger partial charge in [0.25, 0.3) is 11.8 Å². The highest BCUT2D eigenvalue weighted by molar-refractivity contribution is 5.94. The molecule has 1 saturated heterocycles. The lowest BCUT2D eigenvalue weighted by Crippen LogP contribution is -2.33. The molecular weight excluding hydrogens is 318 g/mol. The summed E-state index contributed by atoms with van der Waals surface area (Å²) < 4.78 is 33.1. The monoisotopic (exact) mass is 334 g/mol. The number of nitrogens with zero attached hydrogens (tertiary/aromatic N) is 4. The Morgan fingerprint density at radius 1 is 1.42 bits per heavy atom. The SMILES string of the molecule is Cc1cc(C(=O)N2CC(F)(F)C[C@H]2c2nc(C3CC3)no2)ccn1. The van der Waals surface area contributed by atoms with Gasteiger partial charge in [0.2, 0.25) is 5.89 Å². The number of hydrogen-bond donors (Lipinski definition) is 0. The molecule has 2 fully saturated rings. The molecule has 1 amide bonds. The molecule has 24 heavy (non-hydrogen) atoms. The lowest BCUT2D eigenvalue weighted by Gasteiger charge is -2.21. The van der Waals surface area contributed by atoms with Gasteiger partial charge in [0.15, 0.2) is 5.82 Å². The number of amides is 1. The van der Waals surface area contributed by atoms with Crippen LogP contribution in [0.5, 0.6) is 0 Å². The van der Waals surface area contributed by atoms with Gasteiger partial charge in [-0.3, -0.25) is 9.78 Å². The minimum atomic E-state index is -2.98. The second-order valence-electron chi connectivity index (χ2n) is 6.46. The van der Waals surface area contributed by atoms with Gasteiger partial charge in [0.1, 0.15) is 6.04 Å². The molecule has 6 nitrogen and oxygen atoms in total. The summed E-state index contributed by atoms with van der Waals surface area (Å²) in [5, 5.41) is 3.87. The maximum atomic E-state index is 14.0. The Morgan fingerprint density at radius 3 is 2.92 bits per heavy atom. The van der Waals surface area contributed by atoms with Gasteiger partial charge in [0, 0.05) is 29.8 Å². The van der Waals surface area contributed by atoms with Crippen molar-refractivity contribution in [2.24, 2.45) is 0 Å². The largest absolute Gasteiger partial charge is 0.337 e. The zero-order valence-electron chi connectivity index (χ0n) is 13.1. The van der Waals surface area contributed by atoms with Crippen LogP contribution in [0.1, 0.15) is 59.0 Å². The van der Waals surface area contributed by atoms with Crippen molar-refractivity contribution >= 4 is 5.91 Å². The molecule has 0 bridgehead atoms. The van der Waals surface area contributed by atoms with Crippen LogP contribution in [0.3, 0.4) is 0 Å². The van der Waals surface area contributed by atoms with Crippen molar-refractivity contribution in [1.82, 2.24) is 20.0 Å². The van der Waals surface area contributed by atoms with Gasteiger partial charge >= 0.3 is 0 Å². The van der Waals surface area contributed by atoms with Gasteiger partial charge in [-0.05, 0) is 31.9 Å². The number of rotatable bonds is 3. The van der Waals surface area contributed by atoms with E-state index in [4.69, 9.17) is 4.52 Å². The van der Waals surface area contributed by atoms with Gasteiger partial charge in [-0.2, -0.15) is 4.98 Å². The number of pyridine rings is 1. The molecule has 2 aliphatic rings. The average Bonchev–Trinajstić information content (AvgIpc) is 3.17. The Bertz CT molecular complexity index is 788. The van der Waals surface area contributed by atoms with Crippen LogP contribution in [0.4, 0.5) is 8.78 Å². The number of aryl methyl sites for hydroxylation is 1. The van der Waals surface area contributed by atoms with Crippen LogP contribution in [0.15, 0.2) is 22.9 Å². The van der Waals surface area contributed by atoms with Gasteiger partial charge in [-0.15, -0.1) is 0 Å². The van der Waals surface area contributed by atoms with E-state index < -0.39 is 30.8 Å². The molecule has 0 unspecified atom stereocenters. The van der Waals surface area contributed by atoms with Crippen molar-refractivity contribution < 1.29 is 18.1 Å². The van der Waals surface area contributed by atoms with E-state index in [0.717, 1.165) is 17.7 Å². The highest BCUT2D eigenvalue weighted by Crippen LogP contribution is 2.43. The van der Waals surface area contributed by atoms with Crippen LogP contribution >= 0.6 is 0 Å². The van der Waals surface area contributed by atoms with Gasteiger partial charge < -0.3 is 9.42 Å². The summed E-state index contributed by atoms with van der Waals surface area (Å²) in [4.78, 5) is 22.1. The van der Waals surface area contributed by atoms with Crippen molar-refractivity contribution in [1.29, 1.82) is 0 Å². The summed E-state index contributed by atoms with van der Waals surface area (Å²) in [6.45, 7) is 1.09. The lowest BCUT2D eigenvalue weighted by molar-refractivity contribution is 0.0117. The molecule has 126 valence electrons. The molecule has 1 atom stereocenters. The molecule has 1 aliphatic heterocycles. The first-order valence-corrected chi connectivity index (χ1v) is 7.88. The van der Waals surface area contributed by atoms with E-state index in [1.165, 1.54) is 12.3 Å². The molecule has 8 heteroatoms. The fraction of sp³-hybridized carbons (Fsp3) is 0.500. The maximum Gasteiger partial charge on any atom is 0.267 e. The van der Waals surface area contributed by atoms with E-state index >= 15 is 0 Å². The van der Waals surface area contributed by atoms with Crippen LogP contribution in [-0.2, 0) is 0 Å². The van der Waals surface area contributed by atoms with E-state index in [1.54, 1.807) is 13.0 Å². The Balaban J connectivity index is 1.64. The van der Waals surface area contributed by atoms with Crippen molar-refractivity contribution in [3.05, 3.63) is 41.3 Å². The van der Waals surface area contributed by atoms with E-state index in [-0.39, 0.29) is 11.8 Å². The number of carbonyl (C=O) groups excluding carboxylic acids is 1. The minimum absolute atomic E-state index is 0.0909. The van der Waals surface area contributed by atoms with E-state index in [1.807, 2.05) is 0 Å². The normalized spacial score (nSPS) is 22.8. The van der Waals surface area contributed by atoms with Crippen LogP contribution in [0.25, 0.3) is 0 Å². The number of halogens is 2. The number of carbonyl (C=O) groups is 1. The van der Waals surface area contributed by atoms with Gasteiger partial charge in [-0.1, -0.05) is 5.16 Å². The number of hydrogen-bond acceptors (Lipinski definition) is 5. The summed E-state index contributed by atoms with van der Waals surface area (Å²) in [7, 11) is 0. The summed E-state index contributed by atoms with van der Waals surface area (Å²) in [6, 6.07) is 2.20. The summed E-state index contributed by atoms with van der Waals surface area (Å²) >= 11 is 0. The molecule has 1 aliphatic carbocycles. The molecule has 1 saturated carbocycles. The third-order valence-electron chi connectivity index (χ3n) is 4.36. The van der Waals surface area contributed by atoms with Crippen LogP contribution in [0, 0.1) is 6.92 Å². The molecule has 0 spiro atoms.